The lowest BCUT2D eigenvalue weighted by Gasteiger charge is -2.08. The van der Waals surface area contributed by atoms with Crippen molar-refractivity contribution in [1.29, 1.82) is 0 Å². The summed E-state index contributed by atoms with van der Waals surface area (Å²) in [7, 11) is 0. The third-order valence-electron chi connectivity index (χ3n) is 3.31. The Hall–Kier alpha value is -2.99. The van der Waals surface area contributed by atoms with Crippen LogP contribution < -0.4 is 10.6 Å². The van der Waals surface area contributed by atoms with Crippen LogP contribution in [-0.2, 0) is 0 Å². The van der Waals surface area contributed by atoms with Crippen LogP contribution >= 0.6 is 11.6 Å². The molecular weight excluding hydrogens is 348 g/mol. The molecule has 0 aliphatic heterocycles. The summed E-state index contributed by atoms with van der Waals surface area (Å²) in [5.41, 5.74) is 1.80. The highest BCUT2D eigenvalue weighted by molar-refractivity contribution is 6.30. The molecule has 0 radical (unpaired) electrons. The molecule has 0 aliphatic rings. The van der Waals surface area contributed by atoms with Crippen LogP contribution in [0.4, 0.5) is 25.8 Å². The van der Waals surface area contributed by atoms with Crippen LogP contribution in [0.5, 0.6) is 0 Å². The van der Waals surface area contributed by atoms with Crippen LogP contribution in [0, 0.1) is 11.6 Å². The monoisotopic (exact) mass is 359 g/mol. The topological polar surface area (TPSA) is 54.0 Å². The van der Waals surface area contributed by atoms with Crippen molar-refractivity contribution in [3.05, 3.63) is 83.1 Å². The fourth-order valence-corrected chi connectivity index (χ4v) is 2.20. The first-order chi connectivity index (χ1) is 12.0. The lowest BCUT2D eigenvalue weighted by molar-refractivity contribution is 0.102. The SMILES string of the molecule is O=C(Nc1ccc(F)c(F)c1)c1ccc(Nc2ccc(Cl)cc2)cn1. The standard InChI is InChI=1S/C18H12ClF2N3O/c19-11-1-3-12(4-2-11)23-14-6-8-17(22-10-14)18(25)24-13-5-7-15(20)16(21)9-13/h1-10,23H,(H,24,25). The van der Waals surface area contributed by atoms with Gasteiger partial charge < -0.3 is 10.6 Å². The van der Waals surface area contributed by atoms with Gasteiger partial charge in [0.1, 0.15) is 5.69 Å². The highest BCUT2D eigenvalue weighted by Gasteiger charge is 2.10. The van der Waals surface area contributed by atoms with E-state index in [-0.39, 0.29) is 11.4 Å². The van der Waals surface area contributed by atoms with Crippen LogP contribution in [0.1, 0.15) is 10.5 Å². The van der Waals surface area contributed by atoms with Gasteiger partial charge in [-0.25, -0.2) is 13.8 Å². The molecule has 0 bridgehead atoms. The Labute approximate surface area is 147 Å². The fourth-order valence-electron chi connectivity index (χ4n) is 2.07. The van der Waals surface area contributed by atoms with E-state index >= 15 is 0 Å². The van der Waals surface area contributed by atoms with Gasteiger partial charge in [-0.1, -0.05) is 11.6 Å². The molecular formula is C18H12ClF2N3O. The first-order valence-electron chi connectivity index (χ1n) is 7.26. The first kappa shape index (κ1) is 16.9. The molecule has 0 aliphatic carbocycles. The molecule has 3 aromatic rings. The lowest BCUT2D eigenvalue weighted by atomic mass is 10.2. The van der Waals surface area contributed by atoms with Gasteiger partial charge in [0.15, 0.2) is 11.6 Å². The number of pyridine rings is 1. The second-order valence-corrected chi connectivity index (χ2v) is 5.58. The van der Waals surface area contributed by atoms with Crippen molar-refractivity contribution in [3.8, 4) is 0 Å². The van der Waals surface area contributed by atoms with Crippen molar-refractivity contribution in [1.82, 2.24) is 4.98 Å². The highest BCUT2D eigenvalue weighted by atomic mass is 35.5. The molecule has 0 fully saturated rings. The van der Waals surface area contributed by atoms with Crippen molar-refractivity contribution in [2.24, 2.45) is 0 Å². The predicted molar refractivity (Wildman–Crippen MR) is 93.3 cm³/mol. The van der Waals surface area contributed by atoms with Crippen molar-refractivity contribution in [2.45, 2.75) is 0 Å². The van der Waals surface area contributed by atoms with Gasteiger partial charge in [0, 0.05) is 22.5 Å². The van der Waals surface area contributed by atoms with E-state index in [0.717, 1.165) is 17.8 Å². The number of amides is 1. The summed E-state index contributed by atoms with van der Waals surface area (Å²) in [5, 5.41) is 6.21. The molecule has 1 heterocycles. The molecule has 4 nitrogen and oxygen atoms in total. The van der Waals surface area contributed by atoms with Crippen molar-refractivity contribution < 1.29 is 13.6 Å². The molecule has 0 atom stereocenters. The van der Waals surface area contributed by atoms with E-state index in [0.29, 0.717) is 10.7 Å². The van der Waals surface area contributed by atoms with E-state index < -0.39 is 17.5 Å². The molecule has 126 valence electrons. The molecule has 0 unspecified atom stereocenters. The van der Waals surface area contributed by atoms with Crippen LogP contribution in [0.3, 0.4) is 0 Å². The maximum absolute atomic E-state index is 13.2. The van der Waals surface area contributed by atoms with Gasteiger partial charge >= 0.3 is 0 Å². The zero-order chi connectivity index (χ0) is 17.8. The van der Waals surface area contributed by atoms with Crippen LogP contribution in [0.25, 0.3) is 0 Å². The summed E-state index contributed by atoms with van der Waals surface area (Å²) in [6.45, 7) is 0. The molecule has 2 aromatic carbocycles. The Bertz CT molecular complexity index is 899. The van der Waals surface area contributed by atoms with E-state index in [4.69, 9.17) is 11.6 Å². The summed E-state index contributed by atoms with van der Waals surface area (Å²) in [4.78, 5) is 16.2. The zero-order valence-electron chi connectivity index (χ0n) is 12.8. The van der Waals surface area contributed by atoms with Gasteiger partial charge in [0.25, 0.3) is 5.91 Å². The maximum Gasteiger partial charge on any atom is 0.274 e. The quantitative estimate of drug-likeness (QED) is 0.688. The molecule has 7 heteroatoms. The number of carbonyl (C=O) groups is 1. The maximum atomic E-state index is 13.2. The number of halogens is 3. The van der Waals surface area contributed by atoms with E-state index in [2.05, 4.69) is 15.6 Å². The Morgan fingerprint density at radius 2 is 1.56 bits per heavy atom. The van der Waals surface area contributed by atoms with Crippen molar-refractivity contribution >= 4 is 34.6 Å². The minimum Gasteiger partial charge on any atom is -0.354 e. The average molecular weight is 360 g/mol. The highest BCUT2D eigenvalue weighted by Crippen LogP contribution is 2.19. The van der Waals surface area contributed by atoms with E-state index in [9.17, 15) is 13.6 Å². The number of hydrogen-bond acceptors (Lipinski definition) is 3. The second kappa shape index (κ2) is 7.27. The largest absolute Gasteiger partial charge is 0.354 e. The third kappa shape index (κ3) is 4.30. The first-order valence-corrected chi connectivity index (χ1v) is 7.64. The molecule has 1 amide bonds. The molecule has 3 rings (SSSR count). The second-order valence-electron chi connectivity index (χ2n) is 5.15. The normalized spacial score (nSPS) is 10.4. The van der Waals surface area contributed by atoms with Crippen LogP contribution in [0.15, 0.2) is 60.8 Å². The summed E-state index contributed by atoms with van der Waals surface area (Å²) in [6, 6.07) is 13.4. The summed E-state index contributed by atoms with van der Waals surface area (Å²) < 4.78 is 26.0. The zero-order valence-corrected chi connectivity index (χ0v) is 13.5. The van der Waals surface area contributed by atoms with Gasteiger partial charge in [-0.2, -0.15) is 0 Å². The Morgan fingerprint density at radius 1 is 0.880 bits per heavy atom. The van der Waals surface area contributed by atoms with Gasteiger partial charge in [-0.3, -0.25) is 4.79 Å². The molecule has 25 heavy (non-hydrogen) atoms. The summed E-state index contributed by atoms with van der Waals surface area (Å²) in [5.74, 6) is -2.54. The minimum atomic E-state index is -1.03. The van der Waals surface area contributed by atoms with Crippen LogP contribution in [-0.4, -0.2) is 10.9 Å². The number of anilines is 3. The Balaban J connectivity index is 1.67. The molecule has 1 aromatic heterocycles. The molecule has 0 saturated heterocycles. The van der Waals surface area contributed by atoms with Gasteiger partial charge in [0.2, 0.25) is 0 Å². The minimum absolute atomic E-state index is 0.145. The van der Waals surface area contributed by atoms with E-state index in [1.807, 2.05) is 12.1 Å². The number of nitrogens with one attached hydrogen (secondary N) is 2. The molecule has 0 spiro atoms. The Morgan fingerprint density at radius 3 is 2.20 bits per heavy atom. The smallest absolute Gasteiger partial charge is 0.274 e. The number of rotatable bonds is 4. The third-order valence-corrected chi connectivity index (χ3v) is 3.56. The summed E-state index contributed by atoms with van der Waals surface area (Å²) >= 11 is 5.83. The van der Waals surface area contributed by atoms with E-state index in [1.54, 1.807) is 18.2 Å². The molecule has 2 N–H and O–H groups in total. The number of hydrogen-bond donors (Lipinski definition) is 2. The van der Waals surface area contributed by atoms with Crippen molar-refractivity contribution in [2.75, 3.05) is 10.6 Å². The number of benzene rings is 2. The van der Waals surface area contributed by atoms with Crippen molar-refractivity contribution in [3.63, 3.8) is 0 Å². The van der Waals surface area contributed by atoms with Gasteiger partial charge in [-0.15, -0.1) is 0 Å². The van der Waals surface area contributed by atoms with Gasteiger partial charge in [0.05, 0.1) is 11.9 Å². The Kier molecular flexibility index (Phi) is 4.90. The average Bonchev–Trinajstić information content (AvgIpc) is 2.61. The summed E-state index contributed by atoms with van der Waals surface area (Å²) in [6.07, 6.45) is 1.49. The number of carbonyl (C=O) groups excluding carboxylic acids is 1. The van der Waals surface area contributed by atoms with Gasteiger partial charge in [-0.05, 0) is 48.5 Å². The molecule has 0 saturated carbocycles. The van der Waals surface area contributed by atoms with Crippen LogP contribution in [0.2, 0.25) is 5.02 Å². The fraction of sp³-hybridized carbons (Fsp3) is 0. The number of nitrogens with zero attached hydrogens (tertiary/aromatic N) is 1. The van der Waals surface area contributed by atoms with E-state index in [1.165, 1.54) is 18.3 Å². The lowest BCUT2D eigenvalue weighted by Crippen LogP contribution is -2.13. The predicted octanol–water partition coefficient (Wildman–Crippen LogP) is 5.01. The number of aromatic nitrogens is 1.